The summed E-state index contributed by atoms with van der Waals surface area (Å²) < 4.78 is 21.2. The molecule has 3 atom stereocenters. The zero-order valence-electron chi connectivity index (χ0n) is 14.8. The lowest BCUT2D eigenvalue weighted by atomic mass is 10.2. The molecule has 0 N–H and O–H groups in total. The Morgan fingerprint density at radius 3 is 2.64 bits per heavy atom. The molecule has 1 heterocycles. The van der Waals surface area contributed by atoms with Gasteiger partial charge in [0, 0.05) is 13.0 Å². The van der Waals surface area contributed by atoms with Crippen molar-refractivity contribution in [3.05, 3.63) is 35.9 Å². The van der Waals surface area contributed by atoms with Gasteiger partial charge in [-0.1, -0.05) is 30.3 Å². The average molecular weight is 351 g/mol. The van der Waals surface area contributed by atoms with Crippen LogP contribution in [0.15, 0.2) is 30.3 Å². The van der Waals surface area contributed by atoms with Crippen molar-refractivity contribution in [3.8, 4) is 0 Å². The molecule has 2 rings (SSSR count). The SMILES string of the molecule is CCOC(C)OC1CC(C(=O)OC)N(C(=O)OCc2ccccc2)C1. The smallest absolute Gasteiger partial charge is 0.410 e. The summed E-state index contributed by atoms with van der Waals surface area (Å²) in [4.78, 5) is 25.8. The van der Waals surface area contributed by atoms with Crippen LogP contribution in [0.1, 0.15) is 25.8 Å². The van der Waals surface area contributed by atoms with Gasteiger partial charge in [0.25, 0.3) is 0 Å². The molecule has 7 heteroatoms. The molecule has 1 saturated heterocycles. The largest absolute Gasteiger partial charge is 0.467 e. The van der Waals surface area contributed by atoms with E-state index in [0.717, 1.165) is 5.56 Å². The fourth-order valence-electron chi connectivity index (χ4n) is 2.80. The number of hydrogen-bond donors (Lipinski definition) is 0. The van der Waals surface area contributed by atoms with Crippen LogP contribution in [0, 0.1) is 0 Å². The van der Waals surface area contributed by atoms with E-state index in [1.54, 1.807) is 6.92 Å². The number of hydrogen-bond acceptors (Lipinski definition) is 6. The number of esters is 1. The molecule has 138 valence electrons. The van der Waals surface area contributed by atoms with Crippen molar-refractivity contribution in [3.63, 3.8) is 0 Å². The summed E-state index contributed by atoms with van der Waals surface area (Å²) in [7, 11) is 1.30. The van der Waals surface area contributed by atoms with Crippen LogP contribution in [-0.4, -0.2) is 55.7 Å². The monoisotopic (exact) mass is 351 g/mol. The van der Waals surface area contributed by atoms with Gasteiger partial charge in [0.1, 0.15) is 12.6 Å². The third kappa shape index (κ3) is 5.44. The maximum absolute atomic E-state index is 12.4. The third-order valence-corrected chi connectivity index (χ3v) is 3.96. The molecule has 1 aliphatic heterocycles. The van der Waals surface area contributed by atoms with E-state index in [0.29, 0.717) is 13.0 Å². The molecule has 1 aliphatic rings. The van der Waals surface area contributed by atoms with Crippen molar-refractivity contribution < 1.29 is 28.5 Å². The number of benzene rings is 1. The molecular weight excluding hydrogens is 326 g/mol. The molecule has 0 spiro atoms. The van der Waals surface area contributed by atoms with Crippen molar-refractivity contribution in [1.82, 2.24) is 4.90 Å². The highest BCUT2D eigenvalue weighted by Gasteiger charge is 2.42. The summed E-state index contributed by atoms with van der Waals surface area (Å²) >= 11 is 0. The van der Waals surface area contributed by atoms with Gasteiger partial charge in [-0.15, -0.1) is 0 Å². The first-order valence-electron chi connectivity index (χ1n) is 8.37. The molecule has 1 aromatic rings. The van der Waals surface area contributed by atoms with Gasteiger partial charge < -0.3 is 18.9 Å². The van der Waals surface area contributed by atoms with Crippen LogP contribution in [0.3, 0.4) is 0 Å². The molecular formula is C18H25NO6. The van der Waals surface area contributed by atoms with Crippen molar-refractivity contribution >= 4 is 12.1 Å². The number of nitrogens with zero attached hydrogens (tertiary/aromatic N) is 1. The van der Waals surface area contributed by atoms with Crippen LogP contribution in [-0.2, 0) is 30.3 Å². The molecule has 0 saturated carbocycles. The molecule has 1 amide bonds. The Morgan fingerprint density at radius 1 is 1.28 bits per heavy atom. The molecule has 25 heavy (non-hydrogen) atoms. The van der Waals surface area contributed by atoms with E-state index in [4.69, 9.17) is 18.9 Å². The predicted octanol–water partition coefficient (Wildman–Crippen LogP) is 2.34. The average Bonchev–Trinajstić information content (AvgIpc) is 3.03. The van der Waals surface area contributed by atoms with Crippen molar-refractivity contribution in [2.75, 3.05) is 20.3 Å². The quantitative estimate of drug-likeness (QED) is 0.554. The van der Waals surface area contributed by atoms with E-state index < -0.39 is 24.4 Å². The number of methoxy groups -OCH3 is 1. The molecule has 1 aromatic carbocycles. The zero-order chi connectivity index (χ0) is 18.2. The lowest BCUT2D eigenvalue weighted by Crippen LogP contribution is -2.41. The fourth-order valence-corrected chi connectivity index (χ4v) is 2.80. The lowest BCUT2D eigenvalue weighted by molar-refractivity contribution is -0.155. The van der Waals surface area contributed by atoms with E-state index in [1.165, 1.54) is 12.0 Å². The van der Waals surface area contributed by atoms with Crippen LogP contribution in [0.4, 0.5) is 4.79 Å². The molecule has 0 bridgehead atoms. The number of rotatable bonds is 7. The number of carbonyl (C=O) groups is 2. The summed E-state index contributed by atoms with van der Waals surface area (Å²) in [6, 6.07) is 8.65. The lowest BCUT2D eigenvalue weighted by Gasteiger charge is -2.22. The topological polar surface area (TPSA) is 74.3 Å². The highest BCUT2D eigenvalue weighted by Crippen LogP contribution is 2.24. The molecule has 0 radical (unpaired) electrons. The molecule has 0 aliphatic carbocycles. The summed E-state index contributed by atoms with van der Waals surface area (Å²) in [5.41, 5.74) is 0.877. The van der Waals surface area contributed by atoms with Crippen molar-refractivity contribution in [2.24, 2.45) is 0 Å². The van der Waals surface area contributed by atoms with E-state index in [-0.39, 0.29) is 19.3 Å². The number of amides is 1. The summed E-state index contributed by atoms with van der Waals surface area (Å²) in [6.45, 7) is 4.58. The second-order valence-electron chi connectivity index (χ2n) is 5.75. The number of likely N-dealkylation sites (tertiary alicyclic amines) is 1. The van der Waals surface area contributed by atoms with Gasteiger partial charge in [-0.2, -0.15) is 0 Å². The Labute approximate surface area is 147 Å². The third-order valence-electron chi connectivity index (χ3n) is 3.96. The van der Waals surface area contributed by atoms with Gasteiger partial charge in [-0.05, 0) is 19.4 Å². The van der Waals surface area contributed by atoms with E-state index >= 15 is 0 Å². The summed E-state index contributed by atoms with van der Waals surface area (Å²) in [6.07, 6.45) is -0.928. The Morgan fingerprint density at radius 2 is 2.00 bits per heavy atom. The number of ether oxygens (including phenoxy) is 4. The maximum Gasteiger partial charge on any atom is 0.410 e. The predicted molar refractivity (Wildman–Crippen MR) is 89.7 cm³/mol. The highest BCUT2D eigenvalue weighted by molar-refractivity contribution is 5.82. The van der Waals surface area contributed by atoms with Crippen molar-refractivity contribution in [1.29, 1.82) is 0 Å². The molecule has 0 aromatic heterocycles. The van der Waals surface area contributed by atoms with E-state index in [2.05, 4.69) is 0 Å². The van der Waals surface area contributed by atoms with Crippen LogP contribution >= 0.6 is 0 Å². The first-order chi connectivity index (χ1) is 12.0. The van der Waals surface area contributed by atoms with Gasteiger partial charge in [0.15, 0.2) is 6.29 Å². The van der Waals surface area contributed by atoms with Gasteiger partial charge in [-0.25, -0.2) is 9.59 Å². The van der Waals surface area contributed by atoms with Crippen LogP contribution in [0.5, 0.6) is 0 Å². The molecule has 3 unspecified atom stereocenters. The minimum atomic E-state index is -0.716. The van der Waals surface area contributed by atoms with E-state index in [1.807, 2.05) is 37.3 Å². The molecule has 1 fully saturated rings. The second kappa shape index (κ2) is 9.39. The maximum atomic E-state index is 12.4. The van der Waals surface area contributed by atoms with Gasteiger partial charge in [-0.3, -0.25) is 4.90 Å². The first kappa shape index (κ1) is 19.2. The summed E-state index contributed by atoms with van der Waals surface area (Å²) in [5.74, 6) is -0.480. The van der Waals surface area contributed by atoms with E-state index in [9.17, 15) is 9.59 Å². The summed E-state index contributed by atoms with van der Waals surface area (Å²) in [5, 5.41) is 0. The fraction of sp³-hybridized carbons (Fsp3) is 0.556. The van der Waals surface area contributed by atoms with Crippen LogP contribution in [0.25, 0.3) is 0 Å². The first-order valence-corrected chi connectivity index (χ1v) is 8.37. The van der Waals surface area contributed by atoms with Gasteiger partial charge in [0.05, 0.1) is 19.8 Å². The normalized spacial score (nSPS) is 21.0. The second-order valence-corrected chi connectivity index (χ2v) is 5.75. The molecule has 7 nitrogen and oxygen atoms in total. The minimum Gasteiger partial charge on any atom is -0.467 e. The minimum absolute atomic E-state index is 0.144. The highest BCUT2D eigenvalue weighted by atomic mass is 16.7. The Kier molecular flexibility index (Phi) is 7.21. The van der Waals surface area contributed by atoms with Crippen molar-refractivity contribution in [2.45, 2.75) is 45.3 Å². The van der Waals surface area contributed by atoms with Crippen LogP contribution in [0.2, 0.25) is 0 Å². The van der Waals surface area contributed by atoms with Crippen LogP contribution < -0.4 is 0 Å². The zero-order valence-corrected chi connectivity index (χ0v) is 14.8. The van der Waals surface area contributed by atoms with Gasteiger partial charge >= 0.3 is 12.1 Å². The van der Waals surface area contributed by atoms with Gasteiger partial charge in [0.2, 0.25) is 0 Å². The Balaban J connectivity index is 1.97. The Bertz CT molecular complexity index is 564. The number of carbonyl (C=O) groups excluding carboxylic acids is 2. The standard InChI is InChI=1S/C18H25NO6/c1-4-23-13(2)25-15-10-16(17(20)22-3)19(11-15)18(21)24-12-14-8-6-5-7-9-14/h5-9,13,15-16H,4,10-12H2,1-3H3. The Hall–Kier alpha value is -2.12.